The van der Waals surface area contributed by atoms with E-state index in [2.05, 4.69) is 53.0 Å². The molecule has 7 heteroatoms. The van der Waals surface area contributed by atoms with Gasteiger partial charge in [0.15, 0.2) is 0 Å². The van der Waals surface area contributed by atoms with Crippen molar-refractivity contribution in [3.8, 4) is 0 Å². The van der Waals surface area contributed by atoms with Crippen molar-refractivity contribution in [2.75, 3.05) is 5.75 Å². The highest BCUT2D eigenvalue weighted by Crippen LogP contribution is 2.24. The van der Waals surface area contributed by atoms with Crippen LogP contribution < -0.4 is 0 Å². The Balaban J connectivity index is 4.31. The van der Waals surface area contributed by atoms with E-state index in [1.165, 1.54) is 51.4 Å². The largest absolute Gasteiger partial charge is 0.641 e. The SMILES string of the molecule is CCCCCCCCCCSC(CCC)OB(OC(S)CCC)OC(S)CCC. The fourth-order valence-electron chi connectivity index (χ4n) is 2.98. The van der Waals surface area contributed by atoms with Gasteiger partial charge in [-0.15, -0.1) is 37.0 Å². The van der Waals surface area contributed by atoms with Gasteiger partial charge in [-0.05, 0) is 31.4 Å². The van der Waals surface area contributed by atoms with Crippen molar-refractivity contribution >= 4 is 44.3 Å². The van der Waals surface area contributed by atoms with Crippen LogP contribution in [0.5, 0.6) is 0 Å². The number of hydrogen-bond donors (Lipinski definition) is 2. The summed E-state index contributed by atoms with van der Waals surface area (Å²) in [6.07, 6.45) is 16.7. The Hall–Kier alpha value is 0.995. The van der Waals surface area contributed by atoms with Gasteiger partial charge in [-0.25, -0.2) is 0 Å². The highest BCUT2D eigenvalue weighted by molar-refractivity contribution is 7.99. The van der Waals surface area contributed by atoms with Crippen LogP contribution in [0.4, 0.5) is 0 Å². The van der Waals surface area contributed by atoms with Gasteiger partial charge in [-0.1, -0.05) is 91.9 Å². The van der Waals surface area contributed by atoms with Crippen LogP contribution in [-0.4, -0.2) is 29.4 Å². The summed E-state index contributed by atoms with van der Waals surface area (Å²) < 4.78 is 18.1. The van der Waals surface area contributed by atoms with E-state index >= 15 is 0 Å². The summed E-state index contributed by atoms with van der Waals surface area (Å²) in [6.45, 7) is 8.72. The van der Waals surface area contributed by atoms with E-state index in [-0.39, 0.29) is 16.3 Å². The van der Waals surface area contributed by atoms with E-state index in [0.717, 1.165) is 44.3 Å². The fourth-order valence-corrected chi connectivity index (χ4v) is 4.90. The molecular formula is C22H47BO3S3. The normalized spacial score (nSPS) is 14.7. The number of thiol groups is 2. The van der Waals surface area contributed by atoms with E-state index in [9.17, 15) is 0 Å². The molecule has 0 aromatic carbocycles. The second-order valence-electron chi connectivity index (χ2n) is 7.75. The molecular weight excluding hydrogens is 419 g/mol. The first-order chi connectivity index (χ1) is 14.1. The standard InChI is InChI=1S/C22H47BO3S3/c1-5-9-10-11-12-13-14-15-19-29-22(18-8-4)26-23(24-20(27)16-6-2)25-21(28)17-7-3/h20-22,27-28H,5-19H2,1-4H3. The van der Waals surface area contributed by atoms with Crippen LogP contribution in [0, 0.1) is 0 Å². The minimum atomic E-state index is -0.694. The molecule has 0 fully saturated rings. The number of rotatable bonds is 22. The van der Waals surface area contributed by atoms with Crippen molar-refractivity contribution in [1.29, 1.82) is 0 Å². The fraction of sp³-hybridized carbons (Fsp3) is 1.00. The lowest BCUT2D eigenvalue weighted by Crippen LogP contribution is -2.36. The lowest BCUT2D eigenvalue weighted by molar-refractivity contribution is 0.0640. The number of unbranched alkanes of at least 4 members (excludes halogenated alkanes) is 7. The van der Waals surface area contributed by atoms with Crippen molar-refractivity contribution in [3.63, 3.8) is 0 Å². The molecule has 0 saturated heterocycles. The Morgan fingerprint density at radius 2 is 1.10 bits per heavy atom. The molecule has 0 heterocycles. The first kappa shape index (κ1) is 30.0. The first-order valence-corrected chi connectivity index (χ1v) is 14.1. The van der Waals surface area contributed by atoms with Crippen molar-refractivity contribution < 1.29 is 14.0 Å². The molecule has 0 aromatic rings. The molecule has 3 atom stereocenters. The summed E-state index contributed by atoms with van der Waals surface area (Å²) in [6, 6.07) is 0. The van der Waals surface area contributed by atoms with Crippen LogP contribution in [0.1, 0.15) is 118 Å². The van der Waals surface area contributed by atoms with E-state index in [1.807, 2.05) is 11.8 Å². The lowest BCUT2D eigenvalue weighted by Gasteiger charge is -2.25. The second kappa shape index (κ2) is 22.2. The third-order valence-corrected chi connectivity index (χ3v) is 6.70. The predicted molar refractivity (Wildman–Crippen MR) is 138 cm³/mol. The third kappa shape index (κ3) is 19.4. The van der Waals surface area contributed by atoms with Gasteiger partial charge in [0.05, 0.1) is 16.3 Å². The number of hydrogen-bond acceptors (Lipinski definition) is 6. The van der Waals surface area contributed by atoms with E-state index in [0.29, 0.717) is 0 Å². The molecule has 3 nitrogen and oxygen atoms in total. The Kier molecular flexibility index (Phi) is 23.0. The molecule has 0 radical (unpaired) electrons. The molecule has 0 aromatic heterocycles. The molecule has 0 bridgehead atoms. The monoisotopic (exact) mass is 466 g/mol. The molecule has 0 saturated carbocycles. The van der Waals surface area contributed by atoms with Gasteiger partial charge in [-0.2, -0.15) is 0 Å². The Morgan fingerprint density at radius 1 is 0.621 bits per heavy atom. The zero-order valence-electron chi connectivity index (χ0n) is 19.4. The van der Waals surface area contributed by atoms with Gasteiger partial charge in [0.25, 0.3) is 0 Å². The summed E-state index contributed by atoms with van der Waals surface area (Å²) in [5, 5.41) is 0. The van der Waals surface area contributed by atoms with Crippen LogP contribution in [-0.2, 0) is 14.0 Å². The smallest absolute Gasteiger partial charge is 0.374 e. The topological polar surface area (TPSA) is 27.7 Å². The summed E-state index contributed by atoms with van der Waals surface area (Å²) in [7, 11) is -0.694. The van der Waals surface area contributed by atoms with Gasteiger partial charge >= 0.3 is 7.32 Å². The summed E-state index contributed by atoms with van der Waals surface area (Å²) in [5.74, 6) is 1.13. The van der Waals surface area contributed by atoms with Crippen molar-refractivity contribution in [2.24, 2.45) is 0 Å². The van der Waals surface area contributed by atoms with Crippen LogP contribution in [0.15, 0.2) is 0 Å². The zero-order chi connectivity index (χ0) is 21.7. The van der Waals surface area contributed by atoms with Gasteiger partial charge in [0.1, 0.15) is 0 Å². The van der Waals surface area contributed by atoms with E-state index in [4.69, 9.17) is 14.0 Å². The molecule has 0 rings (SSSR count). The van der Waals surface area contributed by atoms with Crippen molar-refractivity contribution in [3.05, 3.63) is 0 Å². The maximum Gasteiger partial charge on any atom is 0.641 e. The first-order valence-electron chi connectivity index (χ1n) is 12.0. The molecule has 0 spiro atoms. The molecule has 0 aliphatic rings. The van der Waals surface area contributed by atoms with Crippen LogP contribution >= 0.6 is 37.0 Å². The molecule has 0 amide bonds. The van der Waals surface area contributed by atoms with Gasteiger partial charge in [0, 0.05) is 0 Å². The average molecular weight is 467 g/mol. The molecule has 29 heavy (non-hydrogen) atoms. The van der Waals surface area contributed by atoms with E-state index in [1.54, 1.807) is 0 Å². The minimum Gasteiger partial charge on any atom is -0.374 e. The summed E-state index contributed by atoms with van der Waals surface area (Å²) in [5.41, 5.74) is -0.252. The second-order valence-corrected chi connectivity index (χ2v) is 10.2. The maximum atomic E-state index is 6.22. The zero-order valence-corrected chi connectivity index (χ0v) is 22.0. The predicted octanol–water partition coefficient (Wildman–Crippen LogP) is 8.13. The number of thioether (sulfide) groups is 1. The van der Waals surface area contributed by atoms with Crippen LogP contribution in [0.3, 0.4) is 0 Å². The van der Waals surface area contributed by atoms with Gasteiger partial charge < -0.3 is 14.0 Å². The molecule has 0 N–H and O–H groups in total. The third-order valence-electron chi connectivity index (χ3n) is 4.70. The van der Waals surface area contributed by atoms with Gasteiger partial charge in [0.2, 0.25) is 0 Å². The lowest BCUT2D eigenvalue weighted by atomic mass is 10.1. The Labute approximate surface area is 197 Å². The molecule has 174 valence electrons. The summed E-state index contributed by atoms with van der Waals surface area (Å²) >= 11 is 10.9. The molecule has 0 aliphatic heterocycles. The quantitative estimate of drug-likeness (QED) is 0.0729. The van der Waals surface area contributed by atoms with Crippen molar-refractivity contribution in [2.45, 2.75) is 134 Å². The van der Waals surface area contributed by atoms with Crippen molar-refractivity contribution in [1.82, 2.24) is 0 Å². The minimum absolute atomic E-state index is 0.0962. The maximum absolute atomic E-state index is 6.22. The van der Waals surface area contributed by atoms with Gasteiger partial charge in [-0.3, -0.25) is 0 Å². The van der Waals surface area contributed by atoms with E-state index < -0.39 is 7.32 Å². The highest BCUT2D eigenvalue weighted by Gasteiger charge is 2.30. The summed E-state index contributed by atoms with van der Waals surface area (Å²) in [4.78, 5) is 0. The Morgan fingerprint density at radius 3 is 1.59 bits per heavy atom. The molecule has 3 unspecified atom stereocenters. The highest BCUT2D eigenvalue weighted by atomic mass is 32.2. The average Bonchev–Trinajstić information content (AvgIpc) is 2.67. The van der Waals surface area contributed by atoms with Crippen LogP contribution in [0.2, 0.25) is 0 Å². The Bertz CT molecular complexity index is 326. The molecule has 0 aliphatic carbocycles. The van der Waals surface area contributed by atoms with Crippen LogP contribution in [0.25, 0.3) is 0 Å².